The van der Waals surface area contributed by atoms with E-state index in [1.165, 1.54) is 4.90 Å². The van der Waals surface area contributed by atoms with Crippen LogP contribution in [-0.4, -0.2) is 29.2 Å². The van der Waals surface area contributed by atoms with Crippen LogP contribution in [0.2, 0.25) is 0 Å². The summed E-state index contributed by atoms with van der Waals surface area (Å²) in [6.07, 6.45) is 0.996. The van der Waals surface area contributed by atoms with Crippen molar-refractivity contribution in [3.63, 3.8) is 0 Å². The number of anilines is 1. The van der Waals surface area contributed by atoms with Crippen molar-refractivity contribution >= 4 is 63.0 Å². The molecular formula is C12H10BrN5O3S. The third-order valence-electron chi connectivity index (χ3n) is 2.69. The quantitative estimate of drug-likeness (QED) is 0.304. The molecule has 1 aromatic rings. The first-order chi connectivity index (χ1) is 10.4. The Balaban J connectivity index is 2.27. The first-order valence-electron chi connectivity index (χ1n) is 5.93. The summed E-state index contributed by atoms with van der Waals surface area (Å²) in [6.45, 7) is 0. The van der Waals surface area contributed by atoms with Gasteiger partial charge in [0.1, 0.15) is 0 Å². The van der Waals surface area contributed by atoms with Crippen LogP contribution in [0.1, 0.15) is 0 Å². The number of carbonyl (C=O) groups is 3. The molecule has 114 valence electrons. The molecule has 0 bridgehead atoms. The molecule has 0 unspecified atom stereocenters. The first-order valence-corrected chi connectivity index (χ1v) is 7.13. The van der Waals surface area contributed by atoms with Crippen molar-refractivity contribution in [3.05, 3.63) is 28.7 Å². The van der Waals surface area contributed by atoms with Crippen molar-refractivity contribution in [1.82, 2.24) is 10.7 Å². The Morgan fingerprint density at radius 2 is 2.05 bits per heavy atom. The number of nitrogens with two attached hydrogens (primary N) is 1. The molecule has 1 aromatic carbocycles. The molecule has 4 amide bonds. The average Bonchev–Trinajstić information content (AvgIpc) is 2.44. The van der Waals surface area contributed by atoms with Gasteiger partial charge in [-0.1, -0.05) is 15.9 Å². The molecule has 4 N–H and O–H groups in total. The normalized spacial score (nSPS) is 18.5. The van der Waals surface area contributed by atoms with E-state index in [2.05, 4.69) is 26.3 Å². The van der Waals surface area contributed by atoms with Crippen LogP contribution in [0.4, 0.5) is 10.5 Å². The highest BCUT2D eigenvalue weighted by molar-refractivity contribution is 9.10. The van der Waals surface area contributed by atoms with Crippen LogP contribution in [0.5, 0.6) is 0 Å². The summed E-state index contributed by atoms with van der Waals surface area (Å²) in [5.74, 6) is -2.42. The molecule has 22 heavy (non-hydrogen) atoms. The Bertz CT molecular complexity index is 676. The Hall–Kier alpha value is -2.33. The molecule has 1 aliphatic rings. The summed E-state index contributed by atoms with van der Waals surface area (Å²) in [5.41, 5.74) is 7.27. The number of carbonyl (C=O) groups excluding carboxylic acids is 3. The fourth-order valence-electron chi connectivity index (χ4n) is 1.73. The summed E-state index contributed by atoms with van der Waals surface area (Å²) < 4.78 is 0.833. The van der Waals surface area contributed by atoms with Gasteiger partial charge in [0.15, 0.2) is 11.0 Å². The number of hydrogen-bond donors (Lipinski definition) is 3. The second kappa shape index (κ2) is 6.62. The van der Waals surface area contributed by atoms with Gasteiger partial charge in [-0.3, -0.25) is 14.5 Å². The number of nitrogens with one attached hydrogen (secondary N) is 2. The first kappa shape index (κ1) is 16.0. The minimum atomic E-state index is -1.22. The molecule has 1 fully saturated rings. The molecule has 0 aromatic heterocycles. The summed E-state index contributed by atoms with van der Waals surface area (Å²) in [5, 5.41) is 5.84. The number of halogens is 1. The number of nitrogens with zero attached hydrogens (tertiary/aromatic N) is 2. The van der Waals surface area contributed by atoms with Crippen LogP contribution >= 0.6 is 28.1 Å². The van der Waals surface area contributed by atoms with E-state index in [1.54, 1.807) is 24.3 Å². The van der Waals surface area contributed by atoms with E-state index in [-0.39, 0.29) is 5.11 Å². The van der Waals surface area contributed by atoms with Crippen molar-refractivity contribution in [2.24, 2.45) is 16.8 Å². The molecule has 2 rings (SSSR count). The zero-order valence-corrected chi connectivity index (χ0v) is 13.3. The van der Waals surface area contributed by atoms with Crippen LogP contribution in [-0.2, 0) is 9.59 Å². The lowest BCUT2D eigenvalue weighted by molar-refractivity contribution is -0.130. The van der Waals surface area contributed by atoms with Gasteiger partial charge in [0.25, 0.3) is 5.91 Å². The van der Waals surface area contributed by atoms with E-state index in [1.807, 2.05) is 5.43 Å². The molecule has 0 radical (unpaired) electrons. The van der Waals surface area contributed by atoms with Crippen LogP contribution in [0.15, 0.2) is 33.8 Å². The minimum absolute atomic E-state index is 0.0233. The van der Waals surface area contributed by atoms with Crippen molar-refractivity contribution in [2.75, 3.05) is 4.90 Å². The highest BCUT2D eigenvalue weighted by Crippen LogP contribution is 2.22. The predicted octanol–water partition coefficient (Wildman–Crippen LogP) is 0.467. The van der Waals surface area contributed by atoms with Crippen molar-refractivity contribution in [1.29, 1.82) is 0 Å². The molecule has 1 aliphatic heterocycles. The highest BCUT2D eigenvalue weighted by Gasteiger charge is 2.38. The predicted molar refractivity (Wildman–Crippen MR) is 87.1 cm³/mol. The van der Waals surface area contributed by atoms with Crippen molar-refractivity contribution < 1.29 is 14.4 Å². The van der Waals surface area contributed by atoms with Gasteiger partial charge in [-0.2, -0.15) is 5.10 Å². The largest absolute Gasteiger partial charge is 0.350 e. The molecule has 8 nitrogen and oxygen atoms in total. The topological polar surface area (TPSA) is 117 Å². The fraction of sp³-hybridized carbons (Fsp3) is 0.0833. The van der Waals surface area contributed by atoms with Crippen LogP contribution in [0.3, 0.4) is 0 Å². The maximum Gasteiger partial charge on any atom is 0.332 e. The van der Waals surface area contributed by atoms with Crippen molar-refractivity contribution in [3.8, 4) is 0 Å². The van der Waals surface area contributed by atoms with E-state index >= 15 is 0 Å². The zero-order chi connectivity index (χ0) is 16.3. The number of amides is 4. The number of primary amides is 1. The van der Waals surface area contributed by atoms with Gasteiger partial charge in [0.05, 0.1) is 5.69 Å². The Kier molecular flexibility index (Phi) is 4.83. The number of rotatable bonds is 3. The van der Waals surface area contributed by atoms with Gasteiger partial charge in [-0.05, 0) is 36.5 Å². The molecule has 0 aliphatic carbocycles. The fourth-order valence-corrected chi connectivity index (χ4v) is 2.29. The Morgan fingerprint density at radius 3 is 2.64 bits per heavy atom. The lowest BCUT2D eigenvalue weighted by atomic mass is 10.1. The monoisotopic (exact) mass is 383 g/mol. The third-order valence-corrected chi connectivity index (χ3v) is 3.50. The zero-order valence-electron chi connectivity index (χ0n) is 10.9. The van der Waals surface area contributed by atoms with Gasteiger partial charge in [0.2, 0.25) is 5.91 Å². The summed E-state index contributed by atoms with van der Waals surface area (Å²) in [6, 6.07) is 5.90. The number of hydrogen-bond acceptors (Lipinski definition) is 5. The van der Waals surface area contributed by atoms with Gasteiger partial charge >= 0.3 is 6.03 Å². The molecule has 1 atom stereocenters. The van der Waals surface area contributed by atoms with E-state index in [9.17, 15) is 14.4 Å². The third kappa shape index (κ3) is 3.46. The Labute approximate surface area is 138 Å². The number of benzene rings is 1. The summed E-state index contributed by atoms with van der Waals surface area (Å²) in [4.78, 5) is 36.0. The molecule has 1 heterocycles. The van der Waals surface area contributed by atoms with E-state index < -0.39 is 23.8 Å². The van der Waals surface area contributed by atoms with Gasteiger partial charge in [0, 0.05) is 10.7 Å². The van der Waals surface area contributed by atoms with Crippen LogP contribution in [0.25, 0.3) is 0 Å². The lowest BCUT2D eigenvalue weighted by Gasteiger charge is -2.30. The number of urea groups is 1. The van der Waals surface area contributed by atoms with Gasteiger partial charge < -0.3 is 11.1 Å². The average molecular weight is 384 g/mol. The van der Waals surface area contributed by atoms with Gasteiger partial charge in [-0.15, -0.1) is 0 Å². The van der Waals surface area contributed by atoms with Crippen molar-refractivity contribution in [2.45, 2.75) is 0 Å². The van der Waals surface area contributed by atoms with Crippen LogP contribution in [0, 0.1) is 5.92 Å². The molecule has 1 saturated heterocycles. The number of hydrazone groups is 1. The summed E-state index contributed by atoms with van der Waals surface area (Å²) >= 11 is 8.32. The van der Waals surface area contributed by atoms with E-state index in [0.29, 0.717) is 5.69 Å². The maximum absolute atomic E-state index is 12.4. The second-order valence-electron chi connectivity index (χ2n) is 4.18. The molecule has 0 saturated carbocycles. The Morgan fingerprint density at radius 1 is 1.41 bits per heavy atom. The smallest absolute Gasteiger partial charge is 0.332 e. The van der Waals surface area contributed by atoms with Gasteiger partial charge in [-0.25, -0.2) is 10.2 Å². The van der Waals surface area contributed by atoms with E-state index in [4.69, 9.17) is 18.0 Å². The molecule has 0 spiro atoms. The molecular weight excluding hydrogens is 374 g/mol. The SMILES string of the molecule is NC(=O)N/N=C\[C@@H]1C(=O)NC(=S)N(c2ccc(Br)cc2)C1=O. The standard InChI is InChI=1S/C12H10BrN5O3S/c13-6-1-3-7(4-2-6)18-10(20)8(5-15-17-11(14)21)9(19)16-12(18)22/h1-5,8H,(H3,14,17,21)(H,16,19,22)/b15-5-/t8-/m1/s1. The minimum Gasteiger partial charge on any atom is -0.350 e. The molecule has 10 heteroatoms. The second-order valence-corrected chi connectivity index (χ2v) is 5.48. The summed E-state index contributed by atoms with van der Waals surface area (Å²) in [7, 11) is 0. The lowest BCUT2D eigenvalue weighted by Crippen LogP contribution is -2.58. The van der Waals surface area contributed by atoms with E-state index in [0.717, 1.165) is 10.7 Å². The maximum atomic E-state index is 12.4. The number of thiocarbonyl (C=S) groups is 1. The van der Waals surface area contributed by atoms with Crippen LogP contribution < -0.4 is 21.4 Å². The highest BCUT2D eigenvalue weighted by atomic mass is 79.9.